The molecule has 5 nitrogen and oxygen atoms in total. The molecule has 1 aliphatic heterocycles. The standard InChI is InChI=1S/C17H26N2O3S/c1-14-6-4-5-7-15(14)12-17(2,3)18-16(20)13-19-8-10-23(21,22)11-9-19/h4-7H,8-13H2,1-3H3,(H,18,20). The Hall–Kier alpha value is -1.40. The van der Waals surface area contributed by atoms with Crippen LogP contribution in [0.25, 0.3) is 0 Å². The van der Waals surface area contributed by atoms with Gasteiger partial charge in [0, 0.05) is 18.6 Å². The smallest absolute Gasteiger partial charge is 0.234 e. The Morgan fingerprint density at radius 1 is 1.22 bits per heavy atom. The molecule has 23 heavy (non-hydrogen) atoms. The first-order chi connectivity index (χ1) is 10.7. The normalized spacial score (nSPS) is 18.6. The maximum atomic E-state index is 12.3. The van der Waals surface area contributed by atoms with Gasteiger partial charge in [-0.2, -0.15) is 0 Å². The highest BCUT2D eigenvalue weighted by Crippen LogP contribution is 2.16. The molecule has 128 valence electrons. The van der Waals surface area contributed by atoms with Gasteiger partial charge in [0.25, 0.3) is 0 Å². The molecule has 0 radical (unpaired) electrons. The largest absolute Gasteiger partial charge is 0.350 e. The van der Waals surface area contributed by atoms with Crippen LogP contribution >= 0.6 is 0 Å². The zero-order chi connectivity index (χ0) is 17.1. The van der Waals surface area contributed by atoms with Gasteiger partial charge < -0.3 is 5.32 Å². The first kappa shape index (κ1) is 17.9. The molecule has 1 N–H and O–H groups in total. The predicted octanol–water partition coefficient (Wildman–Crippen LogP) is 1.16. The summed E-state index contributed by atoms with van der Waals surface area (Å²) in [5, 5.41) is 3.07. The molecule has 0 atom stereocenters. The molecule has 0 bridgehead atoms. The van der Waals surface area contributed by atoms with Gasteiger partial charge in [-0.05, 0) is 38.3 Å². The van der Waals surface area contributed by atoms with Gasteiger partial charge in [-0.3, -0.25) is 9.69 Å². The van der Waals surface area contributed by atoms with E-state index < -0.39 is 9.84 Å². The van der Waals surface area contributed by atoms with Crippen molar-refractivity contribution < 1.29 is 13.2 Å². The van der Waals surface area contributed by atoms with Crippen LogP contribution in [-0.2, 0) is 21.1 Å². The van der Waals surface area contributed by atoms with Crippen LogP contribution in [-0.4, -0.2) is 55.9 Å². The molecule has 0 aromatic heterocycles. The average Bonchev–Trinajstić information content (AvgIpc) is 2.43. The Labute approximate surface area is 139 Å². The quantitative estimate of drug-likeness (QED) is 0.875. The summed E-state index contributed by atoms with van der Waals surface area (Å²) in [6.07, 6.45) is 0.764. The van der Waals surface area contributed by atoms with Gasteiger partial charge in [-0.1, -0.05) is 24.3 Å². The average molecular weight is 338 g/mol. The molecule has 1 aliphatic rings. The summed E-state index contributed by atoms with van der Waals surface area (Å²) in [6, 6.07) is 8.17. The second-order valence-corrected chi connectivity index (χ2v) is 9.27. The summed E-state index contributed by atoms with van der Waals surface area (Å²) < 4.78 is 22.8. The molecule has 6 heteroatoms. The van der Waals surface area contributed by atoms with Crippen LogP contribution in [0.15, 0.2) is 24.3 Å². The zero-order valence-electron chi connectivity index (χ0n) is 14.1. The fourth-order valence-electron chi connectivity index (χ4n) is 2.86. The number of nitrogens with one attached hydrogen (secondary N) is 1. The molecule has 0 saturated carbocycles. The SMILES string of the molecule is Cc1ccccc1CC(C)(C)NC(=O)CN1CCS(=O)(=O)CC1. The third-order valence-corrected chi connectivity index (χ3v) is 5.78. The molecule has 0 spiro atoms. The maximum absolute atomic E-state index is 12.3. The van der Waals surface area contributed by atoms with Crippen LogP contribution in [0.2, 0.25) is 0 Å². The minimum absolute atomic E-state index is 0.0529. The van der Waals surface area contributed by atoms with Gasteiger partial charge in [0.05, 0.1) is 18.1 Å². The first-order valence-corrected chi connectivity index (χ1v) is 9.77. The van der Waals surface area contributed by atoms with Crippen LogP contribution in [0.4, 0.5) is 0 Å². The number of carbonyl (C=O) groups excluding carboxylic acids is 1. The van der Waals surface area contributed by atoms with E-state index in [9.17, 15) is 13.2 Å². The Kier molecular flexibility index (Phi) is 5.47. The lowest BCUT2D eigenvalue weighted by Gasteiger charge is -2.30. The van der Waals surface area contributed by atoms with E-state index >= 15 is 0 Å². The zero-order valence-corrected chi connectivity index (χ0v) is 14.9. The van der Waals surface area contributed by atoms with Crippen molar-refractivity contribution in [2.24, 2.45) is 0 Å². The lowest BCUT2D eigenvalue weighted by molar-refractivity contribution is -0.123. The van der Waals surface area contributed by atoms with E-state index in [1.54, 1.807) is 0 Å². The number of aryl methyl sites for hydroxylation is 1. The highest BCUT2D eigenvalue weighted by Gasteiger charge is 2.26. The molecule has 1 aromatic rings. The van der Waals surface area contributed by atoms with Crippen LogP contribution in [0.1, 0.15) is 25.0 Å². The summed E-state index contributed by atoms with van der Waals surface area (Å²) in [6.45, 7) is 7.23. The van der Waals surface area contributed by atoms with Crippen molar-refractivity contribution >= 4 is 15.7 Å². The number of carbonyl (C=O) groups is 1. The van der Waals surface area contributed by atoms with Crippen molar-refractivity contribution in [1.82, 2.24) is 10.2 Å². The van der Waals surface area contributed by atoms with Crippen molar-refractivity contribution in [2.75, 3.05) is 31.1 Å². The summed E-state index contributed by atoms with van der Waals surface area (Å²) >= 11 is 0. The van der Waals surface area contributed by atoms with Crippen LogP contribution in [0.3, 0.4) is 0 Å². The Bertz CT molecular complexity index is 654. The molecular weight excluding hydrogens is 312 g/mol. The first-order valence-electron chi connectivity index (χ1n) is 7.95. The number of hydrogen-bond acceptors (Lipinski definition) is 4. The van der Waals surface area contributed by atoms with E-state index in [1.165, 1.54) is 11.1 Å². The van der Waals surface area contributed by atoms with E-state index in [1.807, 2.05) is 30.9 Å². The second kappa shape index (κ2) is 7.01. The minimum Gasteiger partial charge on any atom is -0.350 e. The summed E-state index contributed by atoms with van der Waals surface area (Å²) in [5.74, 6) is 0.239. The highest BCUT2D eigenvalue weighted by molar-refractivity contribution is 7.91. The summed E-state index contributed by atoms with van der Waals surface area (Å²) in [7, 11) is -2.91. The van der Waals surface area contributed by atoms with E-state index in [0.717, 1.165) is 6.42 Å². The molecule has 1 amide bonds. The minimum atomic E-state index is -2.91. The van der Waals surface area contributed by atoms with Crippen molar-refractivity contribution in [3.05, 3.63) is 35.4 Å². The monoisotopic (exact) mass is 338 g/mol. The van der Waals surface area contributed by atoms with Crippen molar-refractivity contribution in [1.29, 1.82) is 0 Å². The summed E-state index contributed by atoms with van der Waals surface area (Å²) in [4.78, 5) is 14.2. The number of hydrogen-bond donors (Lipinski definition) is 1. The van der Waals surface area contributed by atoms with Gasteiger partial charge in [-0.25, -0.2) is 8.42 Å². The molecule has 1 aromatic carbocycles. The molecule has 0 unspecified atom stereocenters. The lowest BCUT2D eigenvalue weighted by Crippen LogP contribution is -2.51. The highest BCUT2D eigenvalue weighted by atomic mass is 32.2. The van der Waals surface area contributed by atoms with E-state index in [4.69, 9.17) is 0 Å². The number of amides is 1. The number of sulfone groups is 1. The molecule has 1 fully saturated rings. The Morgan fingerprint density at radius 2 is 1.83 bits per heavy atom. The number of rotatable bonds is 5. The van der Waals surface area contributed by atoms with Crippen LogP contribution in [0.5, 0.6) is 0 Å². The van der Waals surface area contributed by atoms with E-state index in [2.05, 4.69) is 24.4 Å². The molecule has 1 saturated heterocycles. The lowest BCUT2D eigenvalue weighted by atomic mass is 9.92. The van der Waals surface area contributed by atoms with Gasteiger partial charge in [0.15, 0.2) is 9.84 Å². The molecule has 0 aliphatic carbocycles. The molecule has 2 rings (SSSR count). The third-order valence-electron chi connectivity index (χ3n) is 4.18. The predicted molar refractivity (Wildman–Crippen MR) is 92.2 cm³/mol. The van der Waals surface area contributed by atoms with Crippen molar-refractivity contribution in [3.63, 3.8) is 0 Å². The van der Waals surface area contributed by atoms with Crippen molar-refractivity contribution in [3.8, 4) is 0 Å². The fraction of sp³-hybridized carbons (Fsp3) is 0.588. The third kappa shape index (κ3) is 5.62. The second-order valence-electron chi connectivity index (χ2n) is 6.96. The van der Waals surface area contributed by atoms with Gasteiger partial charge in [0.2, 0.25) is 5.91 Å². The number of benzene rings is 1. The fourth-order valence-corrected chi connectivity index (χ4v) is 4.13. The Balaban J connectivity index is 1.87. The van der Waals surface area contributed by atoms with Crippen LogP contribution in [0, 0.1) is 6.92 Å². The summed E-state index contributed by atoms with van der Waals surface area (Å²) in [5.41, 5.74) is 2.10. The van der Waals surface area contributed by atoms with Gasteiger partial charge in [0.1, 0.15) is 0 Å². The Morgan fingerprint density at radius 3 is 2.43 bits per heavy atom. The van der Waals surface area contributed by atoms with Gasteiger partial charge in [-0.15, -0.1) is 0 Å². The molecular formula is C17H26N2O3S. The van der Waals surface area contributed by atoms with Crippen LogP contribution < -0.4 is 5.32 Å². The van der Waals surface area contributed by atoms with Crippen molar-refractivity contribution in [2.45, 2.75) is 32.7 Å². The molecule has 1 heterocycles. The number of nitrogens with zero attached hydrogens (tertiary/aromatic N) is 1. The van der Waals surface area contributed by atoms with Gasteiger partial charge >= 0.3 is 0 Å². The van der Waals surface area contributed by atoms with E-state index in [-0.39, 0.29) is 29.5 Å². The topological polar surface area (TPSA) is 66.5 Å². The van der Waals surface area contributed by atoms with E-state index in [0.29, 0.717) is 13.1 Å². The maximum Gasteiger partial charge on any atom is 0.234 e.